The molecular weight excluding hydrogens is 230 g/mol. The van der Waals surface area contributed by atoms with E-state index in [2.05, 4.69) is 15.0 Å². The Kier molecular flexibility index (Phi) is 2.17. The van der Waals surface area contributed by atoms with Crippen molar-refractivity contribution >= 4 is 10.9 Å². The Morgan fingerprint density at radius 1 is 1.39 bits per heavy atom. The molecule has 6 heteroatoms. The molecule has 0 bridgehead atoms. The summed E-state index contributed by atoms with van der Waals surface area (Å²) in [6, 6.07) is 5.09. The Balaban J connectivity index is 2.41. The highest BCUT2D eigenvalue weighted by molar-refractivity contribution is 5.86. The van der Waals surface area contributed by atoms with Crippen molar-refractivity contribution in [1.29, 1.82) is 5.26 Å². The van der Waals surface area contributed by atoms with Gasteiger partial charge in [-0.15, -0.1) is 0 Å². The Hall–Kier alpha value is -2.94. The first-order chi connectivity index (χ1) is 8.79. The van der Waals surface area contributed by atoms with E-state index in [1.807, 2.05) is 6.07 Å². The van der Waals surface area contributed by atoms with Gasteiger partial charge in [0.2, 0.25) is 0 Å². The van der Waals surface area contributed by atoms with E-state index in [0.29, 0.717) is 16.7 Å². The van der Waals surface area contributed by atoms with Crippen LogP contribution >= 0.6 is 0 Å². The number of fused-ring (bicyclic) bond motifs is 1. The summed E-state index contributed by atoms with van der Waals surface area (Å²) in [6.07, 6.45) is 6.59. The van der Waals surface area contributed by atoms with Gasteiger partial charge in [0, 0.05) is 24.0 Å². The van der Waals surface area contributed by atoms with E-state index in [-0.39, 0.29) is 5.56 Å². The van der Waals surface area contributed by atoms with Crippen molar-refractivity contribution in [3.63, 3.8) is 0 Å². The molecule has 18 heavy (non-hydrogen) atoms. The summed E-state index contributed by atoms with van der Waals surface area (Å²) in [5.41, 5.74) is 0.308. The summed E-state index contributed by atoms with van der Waals surface area (Å²) < 4.78 is 1.72. The van der Waals surface area contributed by atoms with E-state index < -0.39 is 5.56 Å². The molecule has 0 atom stereocenters. The lowest BCUT2D eigenvalue weighted by atomic mass is 10.2. The van der Waals surface area contributed by atoms with Gasteiger partial charge in [0.1, 0.15) is 23.8 Å². The monoisotopic (exact) mass is 237 g/mol. The van der Waals surface area contributed by atoms with Gasteiger partial charge in [-0.05, 0) is 12.1 Å². The van der Waals surface area contributed by atoms with Crippen LogP contribution in [0.5, 0.6) is 0 Å². The van der Waals surface area contributed by atoms with Gasteiger partial charge in [-0.1, -0.05) is 0 Å². The van der Waals surface area contributed by atoms with Crippen molar-refractivity contribution in [1.82, 2.24) is 19.5 Å². The lowest BCUT2D eigenvalue weighted by molar-refractivity contribution is 1.01. The summed E-state index contributed by atoms with van der Waals surface area (Å²) in [4.78, 5) is 22.4. The third kappa shape index (κ3) is 1.46. The molecule has 3 heterocycles. The molecule has 0 fully saturated rings. The second kappa shape index (κ2) is 3.82. The molecule has 0 saturated carbocycles. The maximum atomic E-state index is 11.5. The van der Waals surface area contributed by atoms with Gasteiger partial charge < -0.3 is 4.98 Å². The molecule has 0 unspecified atom stereocenters. The molecule has 1 N–H and O–H groups in total. The third-order valence-corrected chi connectivity index (χ3v) is 2.62. The molecule has 86 valence electrons. The van der Waals surface area contributed by atoms with Crippen molar-refractivity contribution < 1.29 is 0 Å². The molecule has 0 aliphatic rings. The molecule has 6 nitrogen and oxygen atoms in total. The number of nitrogens with zero attached hydrogens (tertiary/aromatic N) is 4. The minimum absolute atomic E-state index is 0.0665. The van der Waals surface area contributed by atoms with E-state index in [1.54, 1.807) is 35.6 Å². The highest BCUT2D eigenvalue weighted by Crippen LogP contribution is 2.17. The van der Waals surface area contributed by atoms with Gasteiger partial charge in [0.05, 0.1) is 5.52 Å². The van der Waals surface area contributed by atoms with Crippen LogP contribution in [-0.4, -0.2) is 19.5 Å². The quantitative estimate of drug-likeness (QED) is 0.683. The Morgan fingerprint density at radius 2 is 2.28 bits per heavy atom. The van der Waals surface area contributed by atoms with Crippen LogP contribution in [0.2, 0.25) is 0 Å². The summed E-state index contributed by atoms with van der Waals surface area (Å²) >= 11 is 0. The molecular formula is C12H7N5O. The van der Waals surface area contributed by atoms with Crippen molar-refractivity contribution in [3.8, 4) is 11.9 Å². The lowest BCUT2D eigenvalue weighted by Gasteiger charge is -2.05. The van der Waals surface area contributed by atoms with Crippen LogP contribution in [-0.2, 0) is 0 Å². The van der Waals surface area contributed by atoms with E-state index in [0.717, 1.165) is 0 Å². The van der Waals surface area contributed by atoms with Crippen LogP contribution in [0.1, 0.15) is 5.56 Å². The van der Waals surface area contributed by atoms with Crippen molar-refractivity contribution in [3.05, 3.63) is 53.0 Å². The molecule has 0 amide bonds. The van der Waals surface area contributed by atoms with E-state index in [4.69, 9.17) is 5.26 Å². The second-order valence-electron chi connectivity index (χ2n) is 3.69. The zero-order valence-corrected chi connectivity index (χ0v) is 9.16. The first-order valence-electron chi connectivity index (χ1n) is 5.20. The Morgan fingerprint density at radius 3 is 3.00 bits per heavy atom. The average Bonchev–Trinajstić information content (AvgIpc) is 2.90. The van der Waals surface area contributed by atoms with E-state index in [9.17, 15) is 4.79 Å². The number of nitrogens with one attached hydrogen (secondary N) is 1. The van der Waals surface area contributed by atoms with Crippen molar-refractivity contribution in [2.75, 3.05) is 0 Å². The van der Waals surface area contributed by atoms with Crippen molar-refractivity contribution in [2.24, 2.45) is 0 Å². The minimum atomic E-state index is -0.396. The predicted molar refractivity (Wildman–Crippen MR) is 64.2 cm³/mol. The first kappa shape index (κ1) is 10.2. The first-order valence-corrected chi connectivity index (χ1v) is 5.20. The minimum Gasteiger partial charge on any atom is -0.321 e. The smallest absolute Gasteiger partial charge is 0.266 e. The van der Waals surface area contributed by atoms with E-state index >= 15 is 0 Å². The number of aromatic amines is 1. The zero-order chi connectivity index (χ0) is 12.5. The number of hydrogen-bond donors (Lipinski definition) is 1. The maximum Gasteiger partial charge on any atom is 0.266 e. The lowest BCUT2D eigenvalue weighted by Crippen LogP contribution is -2.10. The summed E-state index contributed by atoms with van der Waals surface area (Å²) in [6.45, 7) is 0. The van der Waals surface area contributed by atoms with Crippen LogP contribution in [0.3, 0.4) is 0 Å². The van der Waals surface area contributed by atoms with Gasteiger partial charge in [-0.2, -0.15) is 5.26 Å². The van der Waals surface area contributed by atoms with Gasteiger partial charge in [-0.25, -0.2) is 9.97 Å². The molecule has 0 aromatic carbocycles. The predicted octanol–water partition coefficient (Wildman–Crippen LogP) is 0.980. The number of aromatic nitrogens is 4. The molecule has 3 aromatic rings. The van der Waals surface area contributed by atoms with E-state index in [1.165, 1.54) is 6.07 Å². The number of H-pyrrole nitrogens is 1. The summed E-state index contributed by atoms with van der Waals surface area (Å²) in [7, 11) is 0. The highest BCUT2D eigenvalue weighted by Gasteiger charge is 2.08. The third-order valence-electron chi connectivity index (χ3n) is 2.62. The average molecular weight is 237 g/mol. The zero-order valence-electron chi connectivity index (χ0n) is 9.16. The maximum absolute atomic E-state index is 11.5. The van der Waals surface area contributed by atoms with Crippen LogP contribution in [0.25, 0.3) is 16.7 Å². The Bertz CT molecular complexity index is 811. The largest absolute Gasteiger partial charge is 0.321 e. The Labute approximate surface area is 101 Å². The fraction of sp³-hybridized carbons (Fsp3) is 0. The van der Waals surface area contributed by atoms with Crippen LogP contribution in [0.15, 0.2) is 41.8 Å². The normalized spacial score (nSPS) is 10.4. The number of nitriles is 1. The molecule has 0 aliphatic carbocycles. The summed E-state index contributed by atoms with van der Waals surface area (Å²) in [5.74, 6) is 0.623. The number of hydrogen-bond acceptors (Lipinski definition) is 4. The van der Waals surface area contributed by atoms with Crippen molar-refractivity contribution in [2.45, 2.75) is 0 Å². The van der Waals surface area contributed by atoms with Crippen LogP contribution in [0, 0.1) is 11.3 Å². The fourth-order valence-electron chi connectivity index (χ4n) is 1.79. The van der Waals surface area contributed by atoms with Gasteiger partial charge in [0.25, 0.3) is 5.56 Å². The van der Waals surface area contributed by atoms with Crippen LogP contribution < -0.4 is 5.56 Å². The molecule has 0 radical (unpaired) electrons. The molecule has 3 rings (SSSR count). The van der Waals surface area contributed by atoms with Gasteiger partial charge >= 0.3 is 0 Å². The number of imidazole rings is 1. The molecule has 0 saturated heterocycles. The standard InChI is InChI=1S/C12H7N5O/c13-6-8-5-9-10(16-12(8)18)1-2-15-11(9)17-4-3-14-7-17/h1-5,7H,(H,16,18). The fourth-order valence-corrected chi connectivity index (χ4v) is 1.79. The van der Waals surface area contributed by atoms with Gasteiger partial charge in [0.15, 0.2) is 0 Å². The summed E-state index contributed by atoms with van der Waals surface area (Å²) in [5, 5.41) is 9.59. The van der Waals surface area contributed by atoms with Gasteiger partial charge in [-0.3, -0.25) is 9.36 Å². The molecule has 0 spiro atoms. The number of pyridine rings is 2. The second-order valence-corrected chi connectivity index (χ2v) is 3.69. The topological polar surface area (TPSA) is 87.4 Å². The SMILES string of the molecule is N#Cc1cc2c(-n3ccnc3)nccc2[nH]c1=O. The number of rotatable bonds is 1. The molecule has 3 aromatic heterocycles. The van der Waals surface area contributed by atoms with Crippen LogP contribution in [0.4, 0.5) is 0 Å². The molecule has 0 aliphatic heterocycles. The highest BCUT2D eigenvalue weighted by atomic mass is 16.1.